The van der Waals surface area contributed by atoms with Gasteiger partial charge in [0, 0.05) is 26.2 Å². The molecule has 1 amide bonds. The third-order valence-corrected chi connectivity index (χ3v) is 4.50. The molecule has 5 nitrogen and oxygen atoms in total. The van der Waals surface area contributed by atoms with Gasteiger partial charge >= 0.3 is 0 Å². The second-order valence-corrected chi connectivity index (χ2v) is 6.24. The number of benzene rings is 2. The van der Waals surface area contributed by atoms with Gasteiger partial charge < -0.3 is 19.6 Å². The Kier molecular flexibility index (Phi) is 5.56. The number of para-hydroxylation sites is 2. The molecule has 0 radical (unpaired) electrons. The molecule has 1 aliphatic heterocycles. The number of carbonyl (C=O) groups is 1. The lowest BCUT2D eigenvalue weighted by Crippen LogP contribution is -2.51. The maximum Gasteiger partial charge on any atom is 0.251 e. The maximum atomic E-state index is 12.6. The van der Waals surface area contributed by atoms with Crippen LogP contribution in [0.15, 0.2) is 54.6 Å². The van der Waals surface area contributed by atoms with E-state index >= 15 is 0 Å². The molecule has 2 aromatic rings. The fraction of sp³-hybridized carbons (Fsp3) is 0.350. The molecule has 0 saturated carbocycles. The fourth-order valence-electron chi connectivity index (χ4n) is 3.02. The van der Waals surface area contributed by atoms with Gasteiger partial charge in [-0.1, -0.05) is 42.5 Å². The van der Waals surface area contributed by atoms with E-state index in [9.17, 15) is 9.90 Å². The van der Waals surface area contributed by atoms with Crippen LogP contribution in [0, 0.1) is 0 Å². The predicted molar refractivity (Wildman–Crippen MR) is 97.6 cm³/mol. The second kappa shape index (κ2) is 8.03. The second-order valence-electron chi connectivity index (χ2n) is 6.24. The first-order chi connectivity index (χ1) is 12.1. The molecule has 0 aliphatic carbocycles. The highest BCUT2D eigenvalue weighted by molar-refractivity contribution is 5.81. The van der Waals surface area contributed by atoms with Crippen LogP contribution in [0.25, 0.3) is 0 Å². The standard InChI is InChI=1S/C20H24N2O3/c1-16(25-15-17-7-3-2-4-8-17)20(24)22-13-11-21(12-14-22)18-9-5-6-10-19(18)23/h2-10,16,23H,11-15H2,1H3. The smallest absolute Gasteiger partial charge is 0.251 e. The average molecular weight is 340 g/mol. The van der Waals surface area contributed by atoms with Crippen LogP contribution < -0.4 is 4.90 Å². The molecule has 1 aliphatic rings. The molecule has 3 rings (SSSR count). The molecule has 0 bridgehead atoms. The maximum absolute atomic E-state index is 12.6. The Labute approximate surface area is 148 Å². The Balaban J connectivity index is 1.50. The zero-order chi connectivity index (χ0) is 17.6. The molecule has 1 atom stereocenters. The van der Waals surface area contributed by atoms with Crippen molar-refractivity contribution in [2.45, 2.75) is 19.6 Å². The summed E-state index contributed by atoms with van der Waals surface area (Å²) in [7, 11) is 0. The van der Waals surface area contributed by atoms with Crippen molar-refractivity contribution in [2.75, 3.05) is 31.1 Å². The zero-order valence-electron chi connectivity index (χ0n) is 14.5. The van der Waals surface area contributed by atoms with Gasteiger partial charge in [0.1, 0.15) is 11.9 Å². The molecular weight excluding hydrogens is 316 g/mol. The molecule has 0 aromatic heterocycles. The minimum absolute atomic E-state index is 0.0212. The molecule has 0 spiro atoms. The largest absolute Gasteiger partial charge is 0.506 e. The number of hydrogen-bond acceptors (Lipinski definition) is 4. The summed E-state index contributed by atoms with van der Waals surface area (Å²) >= 11 is 0. The van der Waals surface area contributed by atoms with Crippen LogP contribution >= 0.6 is 0 Å². The first-order valence-electron chi connectivity index (χ1n) is 8.62. The van der Waals surface area contributed by atoms with Crippen LogP contribution in [-0.2, 0) is 16.1 Å². The summed E-state index contributed by atoms with van der Waals surface area (Å²) in [5.74, 6) is 0.301. The van der Waals surface area contributed by atoms with Crippen LogP contribution in [-0.4, -0.2) is 48.2 Å². The number of phenolic OH excluding ortho intramolecular Hbond substituents is 1. The number of hydrogen-bond donors (Lipinski definition) is 1. The topological polar surface area (TPSA) is 53.0 Å². The SMILES string of the molecule is CC(OCc1ccccc1)C(=O)N1CCN(c2ccccc2O)CC1. The van der Waals surface area contributed by atoms with Crippen molar-refractivity contribution in [1.82, 2.24) is 4.90 Å². The molecule has 1 N–H and O–H groups in total. The van der Waals surface area contributed by atoms with Crippen LogP contribution in [0.2, 0.25) is 0 Å². The molecule has 1 heterocycles. The molecule has 1 unspecified atom stereocenters. The Morgan fingerprint density at radius 2 is 1.68 bits per heavy atom. The van der Waals surface area contributed by atoms with E-state index in [4.69, 9.17) is 4.74 Å². The summed E-state index contributed by atoms with van der Waals surface area (Å²) in [6, 6.07) is 17.2. The Morgan fingerprint density at radius 1 is 1.04 bits per heavy atom. The van der Waals surface area contributed by atoms with Gasteiger partial charge in [-0.2, -0.15) is 0 Å². The lowest BCUT2D eigenvalue weighted by atomic mass is 10.2. The van der Waals surface area contributed by atoms with E-state index in [1.807, 2.05) is 53.4 Å². The number of anilines is 1. The van der Waals surface area contributed by atoms with Crippen molar-refractivity contribution in [3.8, 4) is 5.75 Å². The van der Waals surface area contributed by atoms with Gasteiger partial charge in [0.2, 0.25) is 0 Å². The molecular formula is C20H24N2O3. The highest BCUT2D eigenvalue weighted by atomic mass is 16.5. The molecule has 1 fully saturated rings. The summed E-state index contributed by atoms with van der Waals surface area (Å²) in [5, 5.41) is 9.96. The number of aromatic hydroxyl groups is 1. The van der Waals surface area contributed by atoms with E-state index in [0.29, 0.717) is 32.8 Å². The van der Waals surface area contributed by atoms with Crippen molar-refractivity contribution in [2.24, 2.45) is 0 Å². The molecule has 1 saturated heterocycles. The lowest BCUT2D eigenvalue weighted by molar-refractivity contribution is -0.143. The summed E-state index contributed by atoms with van der Waals surface area (Å²) in [6.07, 6.45) is -0.461. The third kappa shape index (κ3) is 4.31. The first kappa shape index (κ1) is 17.3. The van der Waals surface area contributed by atoms with Gasteiger partial charge in [-0.05, 0) is 24.6 Å². The van der Waals surface area contributed by atoms with Gasteiger partial charge in [-0.15, -0.1) is 0 Å². The Hall–Kier alpha value is -2.53. The monoisotopic (exact) mass is 340 g/mol. The quantitative estimate of drug-likeness (QED) is 0.909. The van der Waals surface area contributed by atoms with Crippen LogP contribution in [0.5, 0.6) is 5.75 Å². The minimum atomic E-state index is -0.461. The minimum Gasteiger partial charge on any atom is -0.506 e. The third-order valence-electron chi connectivity index (χ3n) is 4.50. The van der Waals surface area contributed by atoms with Gasteiger partial charge in [-0.3, -0.25) is 4.79 Å². The average Bonchev–Trinajstić information content (AvgIpc) is 2.67. The number of carbonyl (C=O) groups excluding carboxylic acids is 1. The van der Waals surface area contributed by atoms with Crippen molar-refractivity contribution in [3.63, 3.8) is 0 Å². The van der Waals surface area contributed by atoms with E-state index in [1.165, 1.54) is 0 Å². The number of nitrogens with zero attached hydrogens (tertiary/aromatic N) is 2. The highest BCUT2D eigenvalue weighted by Gasteiger charge is 2.26. The van der Waals surface area contributed by atoms with Crippen LogP contribution in [0.4, 0.5) is 5.69 Å². The zero-order valence-corrected chi connectivity index (χ0v) is 14.5. The van der Waals surface area contributed by atoms with Crippen molar-refractivity contribution in [3.05, 3.63) is 60.2 Å². The number of ether oxygens (including phenoxy) is 1. The fourth-order valence-corrected chi connectivity index (χ4v) is 3.02. The number of piperazine rings is 1. The normalized spacial score (nSPS) is 15.9. The van der Waals surface area contributed by atoms with Crippen LogP contribution in [0.1, 0.15) is 12.5 Å². The highest BCUT2D eigenvalue weighted by Crippen LogP contribution is 2.27. The van der Waals surface area contributed by atoms with Gasteiger partial charge in [0.25, 0.3) is 5.91 Å². The van der Waals surface area contributed by atoms with Crippen molar-refractivity contribution < 1.29 is 14.6 Å². The summed E-state index contributed by atoms with van der Waals surface area (Å²) in [4.78, 5) is 16.5. The van der Waals surface area contributed by atoms with Gasteiger partial charge in [-0.25, -0.2) is 0 Å². The summed E-state index contributed by atoms with van der Waals surface area (Å²) in [5.41, 5.74) is 1.88. The van der Waals surface area contributed by atoms with Crippen molar-refractivity contribution >= 4 is 11.6 Å². The van der Waals surface area contributed by atoms with Crippen molar-refractivity contribution in [1.29, 1.82) is 0 Å². The lowest BCUT2D eigenvalue weighted by Gasteiger charge is -2.37. The van der Waals surface area contributed by atoms with Crippen LogP contribution in [0.3, 0.4) is 0 Å². The molecule has 132 valence electrons. The number of phenols is 1. The van der Waals surface area contributed by atoms with E-state index in [1.54, 1.807) is 13.0 Å². The van der Waals surface area contributed by atoms with E-state index < -0.39 is 6.10 Å². The van der Waals surface area contributed by atoms with E-state index in [2.05, 4.69) is 4.90 Å². The number of amides is 1. The van der Waals surface area contributed by atoms with E-state index in [0.717, 1.165) is 11.3 Å². The Bertz CT molecular complexity index is 697. The Morgan fingerprint density at radius 3 is 2.36 bits per heavy atom. The number of rotatable bonds is 5. The first-order valence-corrected chi connectivity index (χ1v) is 8.62. The summed E-state index contributed by atoms with van der Waals surface area (Å²) in [6.45, 7) is 4.91. The summed E-state index contributed by atoms with van der Waals surface area (Å²) < 4.78 is 5.73. The van der Waals surface area contributed by atoms with E-state index in [-0.39, 0.29) is 11.7 Å². The molecule has 5 heteroatoms. The van der Waals surface area contributed by atoms with Gasteiger partial charge in [0.15, 0.2) is 0 Å². The molecule has 25 heavy (non-hydrogen) atoms. The van der Waals surface area contributed by atoms with Gasteiger partial charge in [0.05, 0.1) is 12.3 Å². The molecule has 2 aromatic carbocycles. The predicted octanol–water partition coefficient (Wildman–Crippen LogP) is 2.65.